The Kier molecular flexibility index (Phi) is 7.43. The van der Waals surface area contributed by atoms with Gasteiger partial charge in [-0.25, -0.2) is 24.8 Å². The second-order valence-electron chi connectivity index (χ2n) is 6.63. The minimum absolute atomic E-state index is 0.0891. The molecule has 1 amide bonds. The summed E-state index contributed by atoms with van der Waals surface area (Å²) in [7, 11) is 3.97. The smallest absolute Gasteiger partial charge is 0.407 e. The number of nitrogens with two attached hydrogens (primary N) is 1. The summed E-state index contributed by atoms with van der Waals surface area (Å²) in [6.07, 6.45) is 0.112. The van der Waals surface area contributed by atoms with Gasteiger partial charge in [-0.15, -0.1) is 0 Å². The maximum absolute atomic E-state index is 11.6. The Morgan fingerprint density at radius 2 is 2.04 bits per heavy atom. The van der Waals surface area contributed by atoms with Crippen molar-refractivity contribution in [2.75, 3.05) is 33.7 Å². The van der Waals surface area contributed by atoms with Crippen molar-refractivity contribution < 1.29 is 9.53 Å². The molecule has 0 saturated heterocycles. The van der Waals surface area contributed by atoms with E-state index in [1.807, 2.05) is 39.9 Å². The number of nitrogens with one attached hydrogen (secondary N) is 2. The van der Waals surface area contributed by atoms with E-state index in [1.54, 1.807) is 0 Å². The van der Waals surface area contributed by atoms with E-state index in [-0.39, 0.29) is 12.1 Å². The Labute approximate surface area is 144 Å². The van der Waals surface area contributed by atoms with Gasteiger partial charge in [0.2, 0.25) is 5.96 Å². The molecular formula is C15H31N7O2. The number of hydrogen-bond donors (Lipinski definition) is 3. The molecule has 0 aromatic rings. The summed E-state index contributed by atoms with van der Waals surface area (Å²) in [6, 6.07) is 0. The molecule has 0 radical (unpaired) electrons. The van der Waals surface area contributed by atoms with Crippen LogP contribution in [0.3, 0.4) is 0 Å². The summed E-state index contributed by atoms with van der Waals surface area (Å²) < 4.78 is 5.17. The Bertz CT molecular complexity index is 485. The van der Waals surface area contributed by atoms with E-state index < -0.39 is 11.7 Å². The molecule has 0 bridgehead atoms. The topological polar surface area (TPSA) is 108 Å². The average molecular weight is 341 g/mol. The Morgan fingerprint density at radius 1 is 1.38 bits per heavy atom. The number of ether oxygens (including phenoxy) is 1. The van der Waals surface area contributed by atoms with Crippen LogP contribution < -0.4 is 16.4 Å². The number of amidine groups is 1. The molecule has 9 nitrogen and oxygen atoms in total. The first-order valence-corrected chi connectivity index (χ1v) is 8.17. The maximum Gasteiger partial charge on any atom is 0.407 e. The van der Waals surface area contributed by atoms with Crippen molar-refractivity contribution in [3.63, 3.8) is 0 Å². The highest BCUT2D eigenvalue weighted by atomic mass is 16.6. The van der Waals surface area contributed by atoms with Crippen LogP contribution in [0, 0.1) is 0 Å². The summed E-state index contributed by atoms with van der Waals surface area (Å²) in [5, 5.41) is 9.97. The molecule has 0 fully saturated rings. The number of rotatable bonds is 6. The lowest BCUT2D eigenvalue weighted by atomic mass is 10.2. The highest BCUT2D eigenvalue weighted by molar-refractivity contribution is 5.97. The van der Waals surface area contributed by atoms with Gasteiger partial charge in [-0.1, -0.05) is 6.92 Å². The highest BCUT2D eigenvalue weighted by Gasteiger charge is 2.23. The van der Waals surface area contributed by atoms with Crippen molar-refractivity contribution in [3.8, 4) is 0 Å². The second-order valence-corrected chi connectivity index (χ2v) is 6.63. The van der Waals surface area contributed by atoms with E-state index in [1.165, 1.54) is 0 Å². The van der Waals surface area contributed by atoms with Crippen molar-refractivity contribution in [2.24, 2.45) is 15.7 Å². The maximum atomic E-state index is 11.6. The molecule has 0 saturated carbocycles. The molecule has 1 atom stereocenters. The standard InChI is InChI=1S/C15H31N7O2/c1-7-21(5)22(6)12-10-11(19-13(16)20-12)17-8-9-18-14(23)24-15(2,3)4/h12H,7-10H2,1-6H3,(H,18,23)(H3,16,17,19,20). The van der Waals surface area contributed by atoms with Gasteiger partial charge in [0.1, 0.15) is 17.6 Å². The van der Waals surface area contributed by atoms with Gasteiger partial charge in [-0.3, -0.25) is 0 Å². The number of carbonyl (C=O) groups excluding carboxylic acids is 1. The van der Waals surface area contributed by atoms with Crippen LogP contribution in [-0.2, 0) is 4.74 Å². The second kappa shape index (κ2) is 8.84. The summed E-state index contributed by atoms with van der Waals surface area (Å²) in [5.74, 6) is 1.01. The zero-order valence-corrected chi connectivity index (χ0v) is 15.6. The SMILES string of the molecule is CCN(C)N(C)C1CC(NCCNC(=O)OC(C)(C)C)=NC(N)=N1. The lowest BCUT2D eigenvalue weighted by molar-refractivity contribution is -0.00467. The zero-order chi connectivity index (χ0) is 18.3. The Balaban J connectivity index is 2.40. The van der Waals surface area contributed by atoms with E-state index in [4.69, 9.17) is 10.5 Å². The van der Waals surface area contributed by atoms with Crippen molar-refractivity contribution in [1.82, 2.24) is 20.7 Å². The minimum Gasteiger partial charge on any atom is -0.444 e. The molecule has 1 heterocycles. The molecule has 1 rings (SSSR count). The van der Waals surface area contributed by atoms with Crippen LogP contribution in [0.4, 0.5) is 4.79 Å². The molecule has 9 heteroatoms. The molecule has 24 heavy (non-hydrogen) atoms. The number of nitrogens with zero attached hydrogens (tertiary/aromatic N) is 4. The number of aliphatic imine (C=N–C) groups is 2. The molecule has 1 aliphatic rings. The molecule has 138 valence electrons. The number of carbonyl (C=O) groups is 1. The van der Waals surface area contributed by atoms with E-state index >= 15 is 0 Å². The lowest BCUT2D eigenvalue weighted by Gasteiger charge is -2.34. The highest BCUT2D eigenvalue weighted by Crippen LogP contribution is 2.11. The molecule has 1 unspecified atom stereocenters. The van der Waals surface area contributed by atoms with E-state index in [2.05, 4.69) is 32.6 Å². The fourth-order valence-corrected chi connectivity index (χ4v) is 2.05. The first kappa shape index (κ1) is 20.2. The number of guanidine groups is 1. The normalized spacial score (nSPS) is 18.2. The van der Waals surface area contributed by atoms with E-state index in [9.17, 15) is 4.79 Å². The number of hydrogen-bond acceptors (Lipinski definition) is 8. The fourth-order valence-electron chi connectivity index (χ4n) is 2.05. The van der Waals surface area contributed by atoms with E-state index in [0.29, 0.717) is 19.5 Å². The number of hydrazine groups is 1. The Hall–Kier alpha value is -1.87. The Morgan fingerprint density at radius 3 is 2.62 bits per heavy atom. The quantitative estimate of drug-likeness (QED) is 0.475. The number of amides is 1. The van der Waals surface area contributed by atoms with Gasteiger partial charge in [0, 0.05) is 40.2 Å². The molecule has 1 aliphatic heterocycles. The third-order valence-electron chi connectivity index (χ3n) is 3.46. The van der Waals surface area contributed by atoms with Gasteiger partial charge in [0.15, 0.2) is 0 Å². The van der Waals surface area contributed by atoms with Gasteiger partial charge >= 0.3 is 6.09 Å². The molecule has 0 aromatic heterocycles. The van der Waals surface area contributed by atoms with Crippen molar-refractivity contribution in [3.05, 3.63) is 0 Å². The van der Waals surface area contributed by atoms with Gasteiger partial charge in [0.25, 0.3) is 0 Å². The predicted molar refractivity (Wildman–Crippen MR) is 95.8 cm³/mol. The zero-order valence-electron chi connectivity index (χ0n) is 15.6. The summed E-state index contributed by atoms with van der Waals surface area (Å²) >= 11 is 0. The van der Waals surface area contributed by atoms with Gasteiger partial charge < -0.3 is 21.1 Å². The summed E-state index contributed by atoms with van der Waals surface area (Å²) in [6.45, 7) is 9.39. The van der Waals surface area contributed by atoms with Crippen molar-refractivity contribution in [2.45, 2.75) is 45.9 Å². The molecule has 0 aliphatic carbocycles. The van der Waals surface area contributed by atoms with E-state index in [0.717, 1.165) is 12.4 Å². The first-order chi connectivity index (χ1) is 11.1. The lowest BCUT2D eigenvalue weighted by Crippen LogP contribution is -2.48. The van der Waals surface area contributed by atoms with Crippen LogP contribution in [0.5, 0.6) is 0 Å². The third kappa shape index (κ3) is 7.14. The van der Waals surface area contributed by atoms with Crippen LogP contribution in [0.2, 0.25) is 0 Å². The predicted octanol–water partition coefficient (Wildman–Crippen LogP) is 0.342. The van der Waals surface area contributed by atoms with Gasteiger partial charge in [-0.2, -0.15) is 0 Å². The summed E-state index contributed by atoms with van der Waals surface area (Å²) in [4.78, 5) is 20.1. The van der Waals surface area contributed by atoms with Gasteiger partial charge in [0.05, 0.1) is 0 Å². The molecule has 0 aromatic carbocycles. The molecule has 4 N–H and O–H groups in total. The third-order valence-corrected chi connectivity index (χ3v) is 3.46. The van der Waals surface area contributed by atoms with Crippen molar-refractivity contribution in [1.29, 1.82) is 0 Å². The van der Waals surface area contributed by atoms with Crippen LogP contribution in [0.1, 0.15) is 34.1 Å². The fraction of sp³-hybridized carbons (Fsp3) is 0.800. The van der Waals surface area contributed by atoms with Crippen LogP contribution in [0.15, 0.2) is 9.98 Å². The first-order valence-electron chi connectivity index (χ1n) is 8.17. The van der Waals surface area contributed by atoms with Crippen LogP contribution in [-0.4, -0.2) is 73.4 Å². The monoisotopic (exact) mass is 341 g/mol. The number of alkyl carbamates (subject to hydrolysis) is 1. The van der Waals surface area contributed by atoms with Crippen LogP contribution >= 0.6 is 0 Å². The van der Waals surface area contributed by atoms with Crippen molar-refractivity contribution >= 4 is 17.9 Å². The van der Waals surface area contributed by atoms with Gasteiger partial charge in [-0.05, 0) is 20.8 Å². The minimum atomic E-state index is -0.501. The largest absolute Gasteiger partial charge is 0.444 e. The average Bonchev–Trinajstić information content (AvgIpc) is 2.47. The molecule has 0 spiro atoms. The van der Waals surface area contributed by atoms with Crippen LogP contribution in [0.25, 0.3) is 0 Å². The summed E-state index contributed by atoms with van der Waals surface area (Å²) in [5.41, 5.74) is 5.30. The molecular weight excluding hydrogens is 310 g/mol.